The van der Waals surface area contributed by atoms with Crippen molar-refractivity contribution < 1.29 is 19.0 Å². The van der Waals surface area contributed by atoms with Crippen LogP contribution in [0.4, 0.5) is 5.82 Å². The zero-order chi connectivity index (χ0) is 20.8. The summed E-state index contributed by atoms with van der Waals surface area (Å²) in [5.74, 6) is 2.23. The van der Waals surface area contributed by atoms with E-state index in [1.807, 2.05) is 49.4 Å². The van der Waals surface area contributed by atoms with Crippen LogP contribution in [0.5, 0.6) is 17.2 Å². The molecular weight excluding hydrogens is 370 g/mol. The summed E-state index contributed by atoms with van der Waals surface area (Å²) < 4.78 is 18.2. The third-order valence-corrected chi connectivity index (χ3v) is 4.48. The van der Waals surface area contributed by atoms with Crippen molar-refractivity contribution in [2.75, 3.05) is 19.5 Å². The second kappa shape index (κ2) is 9.14. The van der Waals surface area contributed by atoms with Crippen LogP contribution in [0.25, 0.3) is 0 Å². The molecule has 0 aliphatic heterocycles. The molecule has 0 saturated heterocycles. The van der Waals surface area contributed by atoms with E-state index in [2.05, 4.69) is 10.4 Å². The number of carbonyl (C=O) groups is 1. The highest BCUT2D eigenvalue weighted by molar-refractivity contribution is 5.93. The van der Waals surface area contributed by atoms with Gasteiger partial charge in [0.1, 0.15) is 11.6 Å². The van der Waals surface area contributed by atoms with E-state index < -0.39 is 6.10 Å². The molecule has 0 saturated carbocycles. The molecule has 7 heteroatoms. The molecule has 1 aromatic heterocycles. The molecule has 0 radical (unpaired) electrons. The topological polar surface area (TPSA) is 74.6 Å². The van der Waals surface area contributed by atoms with E-state index in [0.29, 0.717) is 29.6 Å². The third kappa shape index (κ3) is 4.87. The number of benzene rings is 2. The highest BCUT2D eigenvalue weighted by Gasteiger charge is 2.18. The molecule has 2 aromatic carbocycles. The molecule has 1 unspecified atom stereocenters. The summed E-state index contributed by atoms with van der Waals surface area (Å²) in [4.78, 5) is 12.6. The van der Waals surface area contributed by atoms with Crippen LogP contribution in [-0.4, -0.2) is 36.0 Å². The van der Waals surface area contributed by atoms with Gasteiger partial charge in [0.25, 0.3) is 5.91 Å². The van der Waals surface area contributed by atoms with Crippen LogP contribution in [0.15, 0.2) is 54.7 Å². The molecule has 1 amide bonds. The summed E-state index contributed by atoms with van der Waals surface area (Å²) in [6.07, 6.45) is 0.973. The number of nitrogens with one attached hydrogen (secondary N) is 1. The maximum atomic E-state index is 12.6. The minimum absolute atomic E-state index is 0.259. The minimum atomic E-state index is -0.660. The lowest BCUT2D eigenvalue weighted by Crippen LogP contribution is -2.31. The average molecular weight is 395 g/mol. The van der Waals surface area contributed by atoms with Crippen LogP contribution >= 0.6 is 0 Å². The molecular formula is C22H25N3O4. The van der Waals surface area contributed by atoms with Crippen LogP contribution in [-0.2, 0) is 11.3 Å². The second-order valence-corrected chi connectivity index (χ2v) is 6.59. The molecule has 3 aromatic rings. The van der Waals surface area contributed by atoms with Crippen LogP contribution < -0.4 is 19.5 Å². The Morgan fingerprint density at radius 1 is 1.10 bits per heavy atom. The molecule has 1 N–H and O–H groups in total. The Labute approximate surface area is 170 Å². The van der Waals surface area contributed by atoms with Gasteiger partial charge in [0.2, 0.25) is 0 Å². The molecule has 0 spiro atoms. The fraction of sp³-hybridized carbons (Fsp3) is 0.273. The van der Waals surface area contributed by atoms with Crippen molar-refractivity contribution in [1.29, 1.82) is 0 Å². The van der Waals surface area contributed by atoms with Crippen LogP contribution in [0.1, 0.15) is 18.1 Å². The van der Waals surface area contributed by atoms with Crippen LogP contribution in [0.3, 0.4) is 0 Å². The smallest absolute Gasteiger partial charge is 0.266 e. The summed E-state index contributed by atoms with van der Waals surface area (Å²) in [5, 5.41) is 7.19. The summed E-state index contributed by atoms with van der Waals surface area (Å²) >= 11 is 0. The standard InChI is InChI=1S/C22H25N3O4/c1-15-8-10-18(11-9-15)29-16(2)22(26)24-20-12-13-23-25(20)14-17-6-5-7-19(27-3)21(17)28-4/h5-13,16H,14H2,1-4H3,(H,24,26). The first-order chi connectivity index (χ1) is 14.0. The van der Waals surface area contributed by atoms with Gasteiger partial charge < -0.3 is 19.5 Å². The van der Waals surface area contributed by atoms with Crippen molar-refractivity contribution in [3.8, 4) is 17.2 Å². The lowest BCUT2D eigenvalue weighted by atomic mass is 10.2. The molecule has 7 nitrogen and oxygen atoms in total. The zero-order valence-corrected chi connectivity index (χ0v) is 17.0. The quantitative estimate of drug-likeness (QED) is 0.630. The van der Waals surface area contributed by atoms with Crippen molar-refractivity contribution in [1.82, 2.24) is 9.78 Å². The van der Waals surface area contributed by atoms with E-state index in [1.165, 1.54) is 0 Å². The summed E-state index contributed by atoms with van der Waals surface area (Å²) in [7, 11) is 3.19. The van der Waals surface area contributed by atoms with E-state index in [4.69, 9.17) is 14.2 Å². The lowest BCUT2D eigenvalue weighted by Gasteiger charge is -2.16. The highest BCUT2D eigenvalue weighted by Crippen LogP contribution is 2.31. The van der Waals surface area contributed by atoms with Gasteiger partial charge in [-0.1, -0.05) is 29.8 Å². The van der Waals surface area contributed by atoms with Crippen molar-refractivity contribution in [2.45, 2.75) is 26.5 Å². The average Bonchev–Trinajstić information content (AvgIpc) is 3.15. The number of hydrogen-bond acceptors (Lipinski definition) is 5. The van der Waals surface area contributed by atoms with E-state index >= 15 is 0 Å². The van der Waals surface area contributed by atoms with Gasteiger partial charge in [-0.3, -0.25) is 4.79 Å². The molecule has 0 aliphatic rings. The molecule has 0 bridgehead atoms. The van der Waals surface area contributed by atoms with Gasteiger partial charge in [-0.05, 0) is 32.0 Å². The summed E-state index contributed by atoms with van der Waals surface area (Å²) in [6, 6.07) is 15.0. The fourth-order valence-corrected chi connectivity index (χ4v) is 2.91. The molecule has 1 heterocycles. The number of methoxy groups -OCH3 is 2. The normalized spacial score (nSPS) is 11.6. The molecule has 0 fully saturated rings. The summed E-state index contributed by atoms with van der Waals surface area (Å²) in [5.41, 5.74) is 2.02. The number of amides is 1. The van der Waals surface area contributed by atoms with Crippen LogP contribution in [0, 0.1) is 6.92 Å². The number of ether oxygens (including phenoxy) is 3. The Kier molecular flexibility index (Phi) is 6.39. The van der Waals surface area contributed by atoms with E-state index in [-0.39, 0.29) is 5.91 Å². The van der Waals surface area contributed by atoms with Crippen molar-refractivity contribution >= 4 is 11.7 Å². The van der Waals surface area contributed by atoms with Gasteiger partial charge in [-0.25, -0.2) is 4.68 Å². The van der Waals surface area contributed by atoms with Gasteiger partial charge in [0, 0.05) is 11.6 Å². The molecule has 1 atom stereocenters. The van der Waals surface area contributed by atoms with E-state index in [1.54, 1.807) is 38.1 Å². The number of anilines is 1. The van der Waals surface area contributed by atoms with Gasteiger partial charge in [-0.15, -0.1) is 0 Å². The Bertz CT molecular complexity index is 966. The first-order valence-electron chi connectivity index (χ1n) is 9.27. The monoisotopic (exact) mass is 395 g/mol. The number of rotatable bonds is 8. The number of nitrogens with zero attached hydrogens (tertiary/aromatic N) is 2. The van der Waals surface area contributed by atoms with Crippen molar-refractivity contribution in [3.63, 3.8) is 0 Å². The van der Waals surface area contributed by atoms with E-state index in [0.717, 1.165) is 11.1 Å². The predicted octanol–water partition coefficient (Wildman–Crippen LogP) is 3.66. The highest BCUT2D eigenvalue weighted by atomic mass is 16.5. The number of carbonyl (C=O) groups excluding carboxylic acids is 1. The van der Waals surface area contributed by atoms with Gasteiger partial charge in [-0.2, -0.15) is 5.10 Å². The predicted molar refractivity (Wildman–Crippen MR) is 111 cm³/mol. The Morgan fingerprint density at radius 3 is 2.55 bits per heavy atom. The number of para-hydroxylation sites is 1. The second-order valence-electron chi connectivity index (χ2n) is 6.59. The zero-order valence-electron chi connectivity index (χ0n) is 17.0. The Balaban J connectivity index is 1.70. The number of hydrogen-bond donors (Lipinski definition) is 1. The maximum absolute atomic E-state index is 12.6. The fourth-order valence-electron chi connectivity index (χ4n) is 2.91. The van der Waals surface area contributed by atoms with Gasteiger partial charge in [0.05, 0.1) is 27.0 Å². The lowest BCUT2D eigenvalue weighted by molar-refractivity contribution is -0.122. The van der Waals surface area contributed by atoms with Crippen molar-refractivity contribution in [2.24, 2.45) is 0 Å². The largest absolute Gasteiger partial charge is 0.493 e. The molecule has 0 aliphatic carbocycles. The first-order valence-corrected chi connectivity index (χ1v) is 9.27. The van der Waals surface area contributed by atoms with Crippen molar-refractivity contribution in [3.05, 3.63) is 65.9 Å². The number of aromatic nitrogens is 2. The Morgan fingerprint density at radius 2 is 1.86 bits per heavy atom. The maximum Gasteiger partial charge on any atom is 0.266 e. The SMILES string of the molecule is COc1cccc(Cn2nccc2NC(=O)C(C)Oc2ccc(C)cc2)c1OC. The molecule has 3 rings (SSSR count). The summed E-state index contributed by atoms with van der Waals surface area (Å²) in [6.45, 7) is 4.12. The minimum Gasteiger partial charge on any atom is -0.493 e. The van der Waals surface area contributed by atoms with Crippen LogP contribution in [0.2, 0.25) is 0 Å². The molecule has 29 heavy (non-hydrogen) atoms. The Hall–Kier alpha value is -3.48. The van der Waals surface area contributed by atoms with Gasteiger partial charge >= 0.3 is 0 Å². The number of aryl methyl sites for hydroxylation is 1. The third-order valence-electron chi connectivity index (χ3n) is 4.48. The molecule has 152 valence electrons. The first kappa shape index (κ1) is 20.3. The van der Waals surface area contributed by atoms with E-state index in [9.17, 15) is 4.79 Å². The van der Waals surface area contributed by atoms with Gasteiger partial charge in [0.15, 0.2) is 17.6 Å².